The minimum atomic E-state index is -1.04. The normalized spacial score (nSPS) is 17.3. The van der Waals surface area contributed by atoms with Gasteiger partial charge in [0.1, 0.15) is 11.5 Å². The average molecular weight is 517 g/mol. The Morgan fingerprint density at radius 2 is 1.79 bits per heavy atom. The number of aliphatic hydroxyl groups is 1. The van der Waals surface area contributed by atoms with Gasteiger partial charge in [0, 0.05) is 12.5 Å². The topological polar surface area (TPSA) is 96.8 Å². The van der Waals surface area contributed by atoms with Crippen molar-refractivity contribution in [2.75, 3.05) is 12.0 Å². The molecule has 2 heterocycles. The summed E-state index contributed by atoms with van der Waals surface area (Å²) in [6.45, 7) is 3.05. The van der Waals surface area contributed by atoms with Gasteiger partial charge in [-0.25, -0.2) is 4.98 Å². The van der Waals surface area contributed by atoms with Gasteiger partial charge in [0.05, 0.1) is 39.3 Å². The molecule has 1 aromatic heterocycles. The number of methoxy groups -OCH3 is 1. The highest BCUT2D eigenvalue weighted by Crippen LogP contribution is 2.44. The molecular weight excluding hydrogens is 499 g/mol. The molecule has 10 heteroatoms. The molecule has 1 atom stereocenters. The maximum atomic E-state index is 13.2. The van der Waals surface area contributed by atoms with Gasteiger partial charge in [-0.05, 0) is 48.9 Å². The quantitative estimate of drug-likeness (QED) is 0.205. The maximum absolute atomic E-state index is 13.2. The second-order valence-corrected chi connectivity index (χ2v) is 9.33. The van der Waals surface area contributed by atoms with Crippen LogP contribution in [0.4, 0.5) is 5.13 Å². The number of hydrogen-bond acceptors (Lipinski definition) is 7. The van der Waals surface area contributed by atoms with E-state index in [0.717, 1.165) is 11.3 Å². The van der Waals surface area contributed by atoms with E-state index in [1.165, 1.54) is 25.0 Å². The number of thiazole rings is 1. The molecule has 0 bridgehead atoms. The van der Waals surface area contributed by atoms with Crippen LogP contribution in [0.3, 0.4) is 0 Å². The Morgan fingerprint density at radius 3 is 2.35 bits per heavy atom. The molecule has 7 nitrogen and oxygen atoms in total. The first kappa shape index (κ1) is 23.9. The van der Waals surface area contributed by atoms with Crippen LogP contribution in [0.2, 0.25) is 10.0 Å². The smallest absolute Gasteiger partial charge is 0.301 e. The molecule has 0 saturated carbocycles. The number of benzene rings is 2. The number of carbonyl (C=O) groups is 3. The summed E-state index contributed by atoms with van der Waals surface area (Å²) >= 11 is 13.3. The van der Waals surface area contributed by atoms with Crippen molar-refractivity contribution in [2.24, 2.45) is 0 Å². The number of hydrogen-bond donors (Lipinski definition) is 1. The van der Waals surface area contributed by atoms with Gasteiger partial charge in [0.25, 0.3) is 5.78 Å². The van der Waals surface area contributed by atoms with E-state index in [2.05, 4.69) is 4.98 Å². The van der Waals surface area contributed by atoms with E-state index < -0.39 is 17.7 Å². The van der Waals surface area contributed by atoms with E-state index in [4.69, 9.17) is 27.9 Å². The second kappa shape index (κ2) is 9.21. The number of carbonyl (C=O) groups excluding carboxylic acids is 3. The summed E-state index contributed by atoms with van der Waals surface area (Å²) in [5, 5.41) is 11.8. The lowest BCUT2D eigenvalue weighted by Gasteiger charge is -2.23. The van der Waals surface area contributed by atoms with Crippen molar-refractivity contribution in [1.29, 1.82) is 0 Å². The standard InChI is InChI=1S/C24H18Cl2N2O5S/c1-11-22(12(2)29)34-24(27-11)28-19(14-6-9-16(25)17(26)10-14)18(21(31)23(28)32)20(30)13-4-7-15(33-3)8-5-13/h4-10,19,30H,1-3H3/b20-18-. The number of amides is 1. The van der Waals surface area contributed by atoms with Crippen LogP contribution in [0.1, 0.15) is 39.5 Å². The maximum Gasteiger partial charge on any atom is 0.301 e. The van der Waals surface area contributed by atoms with Crippen LogP contribution in [0.25, 0.3) is 5.76 Å². The Hall–Kier alpha value is -3.20. The van der Waals surface area contributed by atoms with Crippen LogP contribution in [0, 0.1) is 6.92 Å². The van der Waals surface area contributed by atoms with E-state index in [0.29, 0.717) is 32.5 Å². The lowest BCUT2D eigenvalue weighted by atomic mass is 9.95. The van der Waals surface area contributed by atoms with Gasteiger partial charge in [-0.3, -0.25) is 19.3 Å². The van der Waals surface area contributed by atoms with Gasteiger partial charge < -0.3 is 9.84 Å². The van der Waals surface area contributed by atoms with Crippen LogP contribution in [0.5, 0.6) is 5.75 Å². The van der Waals surface area contributed by atoms with Crippen molar-refractivity contribution in [3.05, 3.63) is 79.8 Å². The number of aromatic nitrogens is 1. The summed E-state index contributed by atoms with van der Waals surface area (Å²) < 4.78 is 5.15. The molecular formula is C24H18Cl2N2O5S. The SMILES string of the molecule is COc1ccc(/C(O)=C2/C(=O)C(=O)N(c3nc(C)c(C(C)=O)s3)C2c2ccc(Cl)c(Cl)c2)cc1. The average Bonchev–Trinajstić information content (AvgIpc) is 3.32. The summed E-state index contributed by atoms with van der Waals surface area (Å²) in [5.41, 5.74) is 1.08. The molecule has 1 unspecified atom stereocenters. The Balaban J connectivity index is 1.95. The van der Waals surface area contributed by atoms with Gasteiger partial charge in [0.2, 0.25) is 0 Å². The molecule has 1 N–H and O–H groups in total. The molecule has 4 rings (SSSR count). The number of halogens is 2. The van der Waals surface area contributed by atoms with Crippen LogP contribution in [0.15, 0.2) is 48.0 Å². The molecule has 2 aromatic carbocycles. The van der Waals surface area contributed by atoms with Crippen molar-refractivity contribution < 1.29 is 24.2 Å². The zero-order valence-electron chi connectivity index (χ0n) is 18.3. The predicted octanol–water partition coefficient (Wildman–Crippen LogP) is 5.60. The second-order valence-electron chi connectivity index (χ2n) is 7.54. The van der Waals surface area contributed by atoms with Crippen LogP contribution < -0.4 is 9.64 Å². The molecule has 3 aromatic rings. The molecule has 0 radical (unpaired) electrons. The summed E-state index contributed by atoms with van der Waals surface area (Å²) in [4.78, 5) is 44.3. The van der Waals surface area contributed by atoms with E-state index in [9.17, 15) is 19.5 Å². The lowest BCUT2D eigenvalue weighted by molar-refractivity contribution is -0.132. The van der Waals surface area contributed by atoms with E-state index >= 15 is 0 Å². The number of aryl methyl sites for hydroxylation is 1. The van der Waals surface area contributed by atoms with E-state index in [-0.39, 0.29) is 27.3 Å². The van der Waals surface area contributed by atoms with Crippen molar-refractivity contribution in [1.82, 2.24) is 4.98 Å². The van der Waals surface area contributed by atoms with E-state index in [1.807, 2.05) is 0 Å². The van der Waals surface area contributed by atoms with Crippen LogP contribution in [-0.2, 0) is 9.59 Å². The summed E-state index contributed by atoms with van der Waals surface area (Å²) in [6.07, 6.45) is 0. The predicted molar refractivity (Wildman–Crippen MR) is 131 cm³/mol. The van der Waals surface area contributed by atoms with Crippen molar-refractivity contribution in [3.8, 4) is 5.75 Å². The Bertz CT molecular complexity index is 1360. The molecule has 1 aliphatic rings. The Kier molecular flexibility index (Phi) is 6.49. The fraction of sp³-hybridized carbons (Fsp3) is 0.167. The van der Waals surface area contributed by atoms with Crippen LogP contribution in [-0.4, -0.2) is 34.7 Å². The number of rotatable bonds is 5. The van der Waals surface area contributed by atoms with Gasteiger partial charge in [0.15, 0.2) is 10.9 Å². The monoisotopic (exact) mass is 516 g/mol. The summed E-state index contributed by atoms with van der Waals surface area (Å²) in [6, 6.07) is 10.1. The number of anilines is 1. The highest BCUT2D eigenvalue weighted by Gasteiger charge is 2.48. The molecule has 34 heavy (non-hydrogen) atoms. The molecule has 1 aliphatic heterocycles. The molecule has 174 valence electrons. The number of nitrogens with zero attached hydrogens (tertiary/aromatic N) is 2. The number of Topliss-reactive ketones (excluding diaryl/α,β-unsaturated/α-hetero) is 2. The fourth-order valence-electron chi connectivity index (χ4n) is 3.74. The van der Waals surface area contributed by atoms with Gasteiger partial charge in [-0.15, -0.1) is 0 Å². The highest BCUT2D eigenvalue weighted by molar-refractivity contribution is 7.18. The summed E-state index contributed by atoms with van der Waals surface area (Å²) in [7, 11) is 1.51. The number of aliphatic hydroxyl groups excluding tert-OH is 1. The third kappa shape index (κ3) is 4.09. The van der Waals surface area contributed by atoms with Gasteiger partial charge in [-0.2, -0.15) is 0 Å². The highest BCUT2D eigenvalue weighted by atomic mass is 35.5. The van der Waals surface area contributed by atoms with Gasteiger partial charge >= 0.3 is 5.91 Å². The minimum Gasteiger partial charge on any atom is -0.507 e. The molecule has 1 saturated heterocycles. The third-order valence-electron chi connectivity index (χ3n) is 5.38. The zero-order valence-corrected chi connectivity index (χ0v) is 20.6. The zero-order chi connectivity index (χ0) is 24.7. The molecule has 1 amide bonds. The first-order chi connectivity index (χ1) is 16.1. The van der Waals surface area contributed by atoms with Crippen molar-refractivity contribution >= 4 is 62.9 Å². The minimum absolute atomic E-state index is 0.134. The molecule has 0 aliphatic carbocycles. The first-order valence-corrected chi connectivity index (χ1v) is 11.6. The summed E-state index contributed by atoms with van der Waals surface area (Å²) in [5.74, 6) is -1.77. The van der Waals surface area contributed by atoms with Gasteiger partial charge in [-0.1, -0.05) is 40.6 Å². The Morgan fingerprint density at radius 1 is 1.12 bits per heavy atom. The third-order valence-corrected chi connectivity index (χ3v) is 7.38. The van der Waals surface area contributed by atoms with Crippen molar-refractivity contribution in [2.45, 2.75) is 19.9 Å². The van der Waals surface area contributed by atoms with E-state index in [1.54, 1.807) is 43.3 Å². The van der Waals surface area contributed by atoms with Crippen LogP contribution >= 0.6 is 34.5 Å². The largest absolute Gasteiger partial charge is 0.507 e. The lowest BCUT2D eigenvalue weighted by Crippen LogP contribution is -2.29. The molecule has 0 spiro atoms. The van der Waals surface area contributed by atoms with Crippen molar-refractivity contribution in [3.63, 3.8) is 0 Å². The first-order valence-electron chi connectivity index (χ1n) is 10.0. The number of ether oxygens (including phenoxy) is 1. The number of ketones is 2. The molecule has 1 fully saturated rings. The Labute approximate surface area is 209 Å². The fourth-order valence-corrected chi connectivity index (χ4v) is 5.04.